The Hall–Kier alpha value is -3.19. The molecule has 0 N–H and O–H groups in total. The summed E-state index contributed by atoms with van der Waals surface area (Å²) in [4.78, 5) is 4.76. The molecule has 3 aromatic carbocycles. The van der Waals surface area contributed by atoms with Crippen molar-refractivity contribution in [2.75, 3.05) is 13.2 Å². The summed E-state index contributed by atoms with van der Waals surface area (Å²) in [5.41, 5.74) is 2.95. The minimum absolute atomic E-state index is 0.207. The molecule has 1 aliphatic rings. The van der Waals surface area contributed by atoms with Crippen LogP contribution in [0.2, 0.25) is 5.02 Å². The van der Waals surface area contributed by atoms with E-state index >= 15 is 0 Å². The summed E-state index contributed by atoms with van der Waals surface area (Å²) in [6, 6.07) is 22.6. The molecule has 0 fully saturated rings. The summed E-state index contributed by atoms with van der Waals surface area (Å²) in [5.74, 6) is 1.24. The number of furan rings is 1. The Balaban J connectivity index is 1.65. The van der Waals surface area contributed by atoms with E-state index in [-0.39, 0.29) is 13.2 Å². The van der Waals surface area contributed by atoms with Gasteiger partial charge < -0.3 is 18.2 Å². The quantitative estimate of drug-likeness (QED) is 0.171. The predicted octanol–water partition coefficient (Wildman–Crippen LogP) is 10.3. The van der Waals surface area contributed by atoms with Crippen LogP contribution in [0.1, 0.15) is 30.7 Å². The normalized spacial score (nSPS) is 14.9. The van der Waals surface area contributed by atoms with Gasteiger partial charge in [0.05, 0.1) is 18.5 Å². The predicted molar refractivity (Wildman–Crippen MR) is 166 cm³/mol. The second kappa shape index (κ2) is 12.5. The van der Waals surface area contributed by atoms with Gasteiger partial charge in [0.2, 0.25) is 5.90 Å². The van der Waals surface area contributed by atoms with Gasteiger partial charge in [0.15, 0.2) is 11.5 Å². The van der Waals surface area contributed by atoms with Crippen LogP contribution >= 0.6 is 35.1 Å². The maximum atomic E-state index is 13.9. The van der Waals surface area contributed by atoms with E-state index < -0.39 is 7.60 Å². The monoisotopic (exact) mass is 637 g/mol. The van der Waals surface area contributed by atoms with Gasteiger partial charge in [-0.1, -0.05) is 70.0 Å². The minimum atomic E-state index is -3.68. The Morgan fingerprint density at radius 2 is 1.73 bits per heavy atom. The Kier molecular flexibility index (Phi) is 8.89. The van der Waals surface area contributed by atoms with E-state index in [1.54, 1.807) is 56.3 Å². The first-order chi connectivity index (χ1) is 19.4. The average Bonchev–Trinajstić information content (AvgIpc) is 3.31. The lowest BCUT2D eigenvalue weighted by molar-refractivity contribution is 0.230. The number of nitrogens with zero attached hydrogens (tertiary/aromatic N) is 1. The summed E-state index contributed by atoms with van der Waals surface area (Å²) in [7, 11) is -3.68. The first-order valence-electron chi connectivity index (χ1n) is 12.7. The highest BCUT2D eigenvalue weighted by molar-refractivity contribution is 9.10. The molecule has 0 unspecified atom stereocenters. The summed E-state index contributed by atoms with van der Waals surface area (Å²) in [5, 5.41) is 1.76. The van der Waals surface area contributed by atoms with Crippen LogP contribution in [0.5, 0.6) is 0 Å². The molecule has 204 valence electrons. The third-order valence-corrected chi connectivity index (χ3v) is 8.87. The van der Waals surface area contributed by atoms with E-state index in [0.717, 1.165) is 15.4 Å². The zero-order valence-corrected chi connectivity index (χ0v) is 25.1. The van der Waals surface area contributed by atoms with Crippen molar-refractivity contribution in [3.63, 3.8) is 0 Å². The lowest BCUT2D eigenvalue weighted by Crippen LogP contribution is -2.05. The van der Waals surface area contributed by atoms with Crippen LogP contribution in [0.25, 0.3) is 28.1 Å². The lowest BCUT2D eigenvalue weighted by atomic mass is 10.1. The molecule has 9 heteroatoms. The SMILES string of the molecule is CCOP(=O)(OCC)/C(=C/C=C1\OC(/C=C/c2ccccc2)=Nc2c1oc1ccc(Br)cc21)c1ccc(Cl)cc1. The molecule has 0 saturated heterocycles. The van der Waals surface area contributed by atoms with Gasteiger partial charge in [-0.05, 0) is 73.5 Å². The van der Waals surface area contributed by atoms with Gasteiger partial charge in [0.25, 0.3) is 0 Å². The molecule has 0 atom stereocenters. The van der Waals surface area contributed by atoms with Crippen molar-refractivity contribution < 1.29 is 22.8 Å². The van der Waals surface area contributed by atoms with Crippen molar-refractivity contribution in [2.24, 2.45) is 4.99 Å². The number of fused-ring (bicyclic) bond motifs is 3. The van der Waals surface area contributed by atoms with Gasteiger partial charge in [0.1, 0.15) is 11.3 Å². The minimum Gasteiger partial charge on any atom is -0.450 e. The van der Waals surface area contributed by atoms with Crippen LogP contribution in [0.4, 0.5) is 5.69 Å². The summed E-state index contributed by atoms with van der Waals surface area (Å²) < 4.78 is 38.6. The average molecular weight is 639 g/mol. The smallest absolute Gasteiger partial charge is 0.361 e. The molecule has 0 radical (unpaired) electrons. The molecule has 2 heterocycles. The van der Waals surface area contributed by atoms with E-state index in [0.29, 0.717) is 44.6 Å². The topological polar surface area (TPSA) is 70.3 Å². The molecule has 40 heavy (non-hydrogen) atoms. The number of benzene rings is 3. The molecule has 0 amide bonds. The van der Waals surface area contributed by atoms with E-state index in [1.807, 2.05) is 54.6 Å². The number of rotatable bonds is 9. The summed E-state index contributed by atoms with van der Waals surface area (Å²) >= 11 is 9.67. The number of hydrogen-bond acceptors (Lipinski definition) is 6. The zero-order chi connectivity index (χ0) is 28.1. The van der Waals surface area contributed by atoms with Crippen LogP contribution in [-0.2, 0) is 18.3 Å². The molecule has 4 aromatic rings. The fraction of sp³-hybridized carbons (Fsp3) is 0.129. The number of halogens is 2. The van der Waals surface area contributed by atoms with E-state index in [9.17, 15) is 4.57 Å². The van der Waals surface area contributed by atoms with Gasteiger partial charge in [-0.25, -0.2) is 4.99 Å². The van der Waals surface area contributed by atoms with Crippen molar-refractivity contribution >= 4 is 74.8 Å². The molecule has 0 spiro atoms. The Labute approximate surface area is 246 Å². The van der Waals surface area contributed by atoms with Crippen LogP contribution in [0.3, 0.4) is 0 Å². The highest BCUT2D eigenvalue weighted by Crippen LogP contribution is 2.60. The maximum absolute atomic E-state index is 13.9. The third kappa shape index (κ3) is 6.25. The molecule has 1 aliphatic heterocycles. The van der Waals surface area contributed by atoms with Crippen LogP contribution in [-0.4, -0.2) is 19.1 Å². The molecular weight excluding hydrogens is 613 g/mol. The maximum Gasteiger partial charge on any atom is 0.361 e. The van der Waals surface area contributed by atoms with E-state index in [2.05, 4.69) is 15.9 Å². The van der Waals surface area contributed by atoms with Gasteiger partial charge in [-0.15, -0.1) is 0 Å². The summed E-state index contributed by atoms with van der Waals surface area (Å²) in [6.07, 6.45) is 7.11. The second-order valence-electron chi connectivity index (χ2n) is 8.64. The van der Waals surface area contributed by atoms with Gasteiger partial charge in [-0.2, -0.15) is 0 Å². The van der Waals surface area contributed by atoms with Crippen molar-refractivity contribution in [3.05, 3.63) is 117 Å². The molecule has 0 aliphatic carbocycles. The van der Waals surface area contributed by atoms with Crippen LogP contribution in [0.15, 0.2) is 105 Å². The molecule has 1 aromatic heterocycles. The first-order valence-corrected chi connectivity index (χ1v) is 15.4. The zero-order valence-electron chi connectivity index (χ0n) is 21.8. The molecular formula is C31H26BrClNO5P. The molecule has 0 saturated carbocycles. The Morgan fingerprint density at radius 1 is 1.00 bits per heavy atom. The largest absolute Gasteiger partial charge is 0.450 e. The summed E-state index contributed by atoms with van der Waals surface area (Å²) in [6.45, 7) is 3.96. The third-order valence-electron chi connectivity index (χ3n) is 5.93. The highest BCUT2D eigenvalue weighted by atomic mass is 79.9. The van der Waals surface area contributed by atoms with Gasteiger partial charge in [0, 0.05) is 21.0 Å². The van der Waals surface area contributed by atoms with Crippen molar-refractivity contribution in [2.45, 2.75) is 13.8 Å². The fourth-order valence-electron chi connectivity index (χ4n) is 4.18. The molecule has 0 bridgehead atoms. The number of aliphatic imine (C=N–C) groups is 1. The number of allylic oxidation sites excluding steroid dienone is 2. The van der Waals surface area contributed by atoms with Gasteiger partial charge in [-0.3, -0.25) is 4.57 Å². The van der Waals surface area contributed by atoms with Crippen LogP contribution in [0, 0.1) is 0 Å². The Morgan fingerprint density at radius 3 is 2.42 bits per heavy atom. The number of ether oxygens (including phenoxy) is 1. The van der Waals surface area contributed by atoms with Crippen molar-refractivity contribution in [1.82, 2.24) is 0 Å². The van der Waals surface area contributed by atoms with E-state index in [1.165, 1.54) is 0 Å². The van der Waals surface area contributed by atoms with Crippen LogP contribution < -0.4 is 0 Å². The highest BCUT2D eigenvalue weighted by Gasteiger charge is 2.31. The fourth-order valence-corrected chi connectivity index (χ4v) is 6.42. The van der Waals surface area contributed by atoms with Crippen molar-refractivity contribution in [1.29, 1.82) is 0 Å². The second-order valence-corrected chi connectivity index (χ2v) is 12.0. The van der Waals surface area contributed by atoms with Crippen molar-refractivity contribution in [3.8, 4) is 0 Å². The van der Waals surface area contributed by atoms with Gasteiger partial charge >= 0.3 is 7.60 Å². The van der Waals surface area contributed by atoms with E-state index in [4.69, 9.17) is 34.8 Å². The first kappa shape index (κ1) is 28.3. The standard InChI is InChI=1S/C31H26BrClNO5P/c1-3-36-40(35,37-4-2)28(22-11-14-24(33)15-12-22)18-17-27-31-30(25-20-23(32)13-16-26(25)39-31)34-29(38-27)19-10-21-8-6-5-7-9-21/h5-20H,3-4H2,1-2H3/b19-10+,27-17-,28-18+. The number of hydrogen-bond donors (Lipinski definition) is 0. The molecule has 5 rings (SSSR count). The molecule has 6 nitrogen and oxygen atoms in total. The Bertz CT molecular complexity index is 1680. The lowest BCUT2D eigenvalue weighted by Gasteiger charge is -2.20.